The number of nitrogens with two attached hydrogens (primary N) is 1. The first-order valence-corrected chi connectivity index (χ1v) is 5.29. The van der Waals surface area contributed by atoms with E-state index in [9.17, 15) is 0 Å². The maximum absolute atomic E-state index is 8.71. The molecule has 1 atom stereocenters. The second-order valence-electron chi connectivity index (χ2n) is 4.39. The van der Waals surface area contributed by atoms with Gasteiger partial charge in [-0.2, -0.15) is 0 Å². The fraction of sp³-hybridized carbons (Fsp3) is 0.231. The van der Waals surface area contributed by atoms with Gasteiger partial charge in [-0.3, -0.25) is 10.7 Å². The van der Waals surface area contributed by atoms with Crippen molar-refractivity contribution in [3.05, 3.63) is 48.1 Å². The summed E-state index contributed by atoms with van der Waals surface area (Å²) in [6.07, 6.45) is 7.06. The molecule has 1 unspecified atom stereocenters. The average Bonchev–Trinajstić information content (AvgIpc) is 2.29. The topological polar surface area (TPSA) is 58.3 Å². The Balaban J connectivity index is 2.20. The number of rotatable bonds is 2. The summed E-state index contributed by atoms with van der Waals surface area (Å²) < 4.78 is 0. The molecule has 0 heterocycles. The van der Waals surface area contributed by atoms with Crippen molar-refractivity contribution in [3.63, 3.8) is 0 Å². The van der Waals surface area contributed by atoms with Crippen LogP contribution in [-0.4, -0.2) is 10.7 Å². The molecule has 16 heavy (non-hydrogen) atoms. The number of nitrogens with one attached hydrogen (secondary N) is 1. The predicted octanol–water partition coefficient (Wildman–Crippen LogP) is 2.55. The fourth-order valence-electron chi connectivity index (χ4n) is 1.70. The molecule has 0 radical (unpaired) electrons. The molecule has 0 bridgehead atoms. The van der Waals surface area contributed by atoms with E-state index in [1.165, 1.54) is 5.57 Å². The van der Waals surface area contributed by atoms with Crippen molar-refractivity contribution < 1.29 is 5.21 Å². The number of hydrogen-bond donors (Lipinski definition) is 3. The minimum absolute atomic E-state index is 0.226. The van der Waals surface area contributed by atoms with E-state index in [0.717, 1.165) is 12.0 Å². The quantitative estimate of drug-likeness (QED) is 0.666. The standard InChI is InChI=1S/C13H16N2O/c1-13(14)8-6-11(7-9-13)10-2-4-12(15-16)5-3-10/h2-8,15-16H,9,14H2,1H3. The van der Waals surface area contributed by atoms with Crippen molar-refractivity contribution in [3.8, 4) is 0 Å². The lowest BCUT2D eigenvalue weighted by Crippen LogP contribution is -2.33. The Labute approximate surface area is 95.2 Å². The Kier molecular flexibility index (Phi) is 2.81. The molecule has 0 aromatic heterocycles. The van der Waals surface area contributed by atoms with Crippen LogP contribution < -0.4 is 11.2 Å². The van der Waals surface area contributed by atoms with Crippen molar-refractivity contribution >= 4 is 11.3 Å². The van der Waals surface area contributed by atoms with Crippen molar-refractivity contribution in [2.24, 2.45) is 5.73 Å². The van der Waals surface area contributed by atoms with E-state index < -0.39 is 0 Å². The molecule has 0 spiro atoms. The van der Waals surface area contributed by atoms with Gasteiger partial charge in [-0.05, 0) is 36.6 Å². The molecule has 3 heteroatoms. The van der Waals surface area contributed by atoms with Crippen LogP contribution in [-0.2, 0) is 0 Å². The molecule has 1 aromatic rings. The zero-order chi connectivity index (χ0) is 11.6. The first-order valence-electron chi connectivity index (χ1n) is 5.29. The third kappa shape index (κ3) is 2.32. The summed E-state index contributed by atoms with van der Waals surface area (Å²) in [5.74, 6) is 0. The highest BCUT2D eigenvalue weighted by atomic mass is 16.5. The first kappa shape index (κ1) is 10.9. The van der Waals surface area contributed by atoms with E-state index >= 15 is 0 Å². The summed E-state index contributed by atoms with van der Waals surface area (Å²) in [5, 5.41) is 8.71. The van der Waals surface area contributed by atoms with E-state index in [0.29, 0.717) is 5.69 Å². The van der Waals surface area contributed by atoms with E-state index in [2.05, 4.69) is 11.6 Å². The molecule has 1 aromatic carbocycles. The van der Waals surface area contributed by atoms with Gasteiger partial charge in [0.05, 0.1) is 5.69 Å². The monoisotopic (exact) mass is 216 g/mol. The summed E-state index contributed by atoms with van der Waals surface area (Å²) in [6.45, 7) is 2.01. The summed E-state index contributed by atoms with van der Waals surface area (Å²) in [5.41, 5.74) is 10.9. The third-order valence-electron chi connectivity index (χ3n) is 2.75. The molecule has 1 aliphatic carbocycles. The molecule has 84 valence electrons. The van der Waals surface area contributed by atoms with Crippen molar-refractivity contribution in [2.75, 3.05) is 5.48 Å². The zero-order valence-electron chi connectivity index (χ0n) is 9.27. The van der Waals surface area contributed by atoms with Gasteiger partial charge in [-0.1, -0.05) is 30.4 Å². The highest BCUT2D eigenvalue weighted by Crippen LogP contribution is 2.25. The first-order chi connectivity index (χ1) is 7.61. The highest BCUT2D eigenvalue weighted by Gasteiger charge is 2.16. The van der Waals surface area contributed by atoms with Gasteiger partial charge in [0.25, 0.3) is 0 Å². The van der Waals surface area contributed by atoms with E-state index in [1.807, 2.05) is 43.3 Å². The number of allylic oxidation sites excluding steroid dienone is 2. The van der Waals surface area contributed by atoms with Crippen LogP contribution >= 0.6 is 0 Å². The number of benzene rings is 1. The van der Waals surface area contributed by atoms with Crippen LogP contribution in [0.5, 0.6) is 0 Å². The Morgan fingerprint density at radius 2 is 2.00 bits per heavy atom. The van der Waals surface area contributed by atoms with Crippen molar-refractivity contribution in [1.82, 2.24) is 0 Å². The summed E-state index contributed by atoms with van der Waals surface area (Å²) in [7, 11) is 0. The van der Waals surface area contributed by atoms with E-state index in [4.69, 9.17) is 10.9 Å². The predicted molar refractivity (Wildman–Crippen MR) is 66.2 cm³/mol. The van der Waals surface area contributed by atoms with Crippen LogP contribution in [0.25, 0.3) is 5.57 Å². The molecule has 2 rings (SSSR count). The highest BCUT2D eigenvalue weighted by molar-refractivity contribution is 5.76. The van der Waals surface area contributed by atoms with Crippen molar-refractivity contribution in [1.29, 1.82) is 0 Å². The lowest BCUT2D eigenvalue weighted by atomic mass is 9.89. The average molecular weight is 216 g/mol. The van der Waals surface area contributed by atoms with Crippen LogP contribution in [0.15, 0.2) is 42.5 Å². The van der Waals surface area contributed by atoms with Crippen LogP contribution in [0.2, 0.25) is 0 Å². The Morgan fingerprint density at radius 3 is 2.50 bits per heavy atom. The van der Waals surface area contributed by atoms with E-state index in [1.54, 1.807) is 0 Å². The Hall–Kier alpha value is -1.58. The molecule has 3 nitrogen and oxygen atoms in total. The fourth-order valence-corrected chi connectivity index (χ4v) is 1.70. The van der Waals surface area contributed by atoms with Crippen LogP contribution in [0.1, 0.15) is 18.9 Å². The second kappa shape index (κ2) is 4.12. The lowest BCUT2D eigenvalue weighted by Gasteiger charge is -2.22. The van der Waals surface area contributed by atoms with Gasteiger partial charge in [0.2, 0.25) is 0 Å². The molecule has 0 saturated carbocycles. The van der Waals surface area contributed by atoms with Gasteiger partial charge in [0.15, 0.2) is 0 Å². The van der Waals surface area contributed by atoms with Gasteiger partial charge in [-0.25, -0.2) is 0 Å². The smallest absolute Gasteiger partial charge is 0.0602 e. The van der Waals surface area contributed by atoms with Crippen LogP contribution in [0.3, 0.4) is 0 Å². The minimum Gasteiger partial charge on any atom is -0.322 e. The molecule has 0 aliphatic heterocycles. The van der Waals surface area contributed by atoms with Crippen LogP contribution in [0, 0.1) is 0 Å². The zero-order valence-corrected chi connectivity index (χ0v) is 9.27. The van der Waals surface area contributed by atoms with Crippen LogP contribution in [0.4, 0.5) is 5.69 Å². The largest absolute Gasteiger partial charge is 0.322 e. The number of hydrogen-bond acceptors (Lipinski definition) is 3. The maximum atomic E-state index is 8.71. The number of anilines is 1. The lowest BCUT2D eigenvalue weighted by molar-refractivity contribution is 0.389. The molecule has 0 saturated heterocycles. The van der Waals surface area contributed by atoms with Gasteiger partial charge in [0.1, 0.15) is 0 Å². The second-order valence-corrected chi connectivity index (χ2v) is 4.39. The minimum atomic E-state index is -0.226. The Morgan fingerprint density at radius 1 is 1.31 bits per heavy atom. The molecule has 0 fully saturated rings. The van der Waals surface area contributed by atoms with Gasteiger partial charge in [-0.15, -0.1) is 0 Å². The third-order valence-corrected chi connectivity index (χ3v) is 2.75. The van der Waals surface area contributed by atoms with E-state index in [-0.39, 0.29) is 5.54 Å². The molecule has 4 N–H and O–H groups in total. The SMILES string of the molecule is CC1(N)C=CC(c2ccc(NO)cc2)=CC1. The summed E-state index contributed by atoms with van der Waals surface area (Å²) >= 11 is 0. The van der Waals surface area contributed by atoms with Crippen molar-refractivity contribution in [2.45, 2.75) is 18.9 Å². The molecular weight excluding hydrogens is 200 g/mol. The summed E-state index contributed by atoms with van der Waals surface area (Å²) in [4.78, 5) is 0. The normalized spacial score (nSPS) is 24.1. The van der Waals surface area contributed by atoms with Gasteiger partial charge < -0.3 is 5.73 Å². The maximum Gasteiger partial charge on any atom is 0.0602 e. The molecule has 0 amide bonds. The summed E-state index contributed by atoms with van der Waals surface area (Å²) in [6, 6.07) is 7.60. The Bertz CT molecular complexity index is 430. The van der Waals surface area contributed by atoms with Gasteiger partial charge >= 0.3 is 0 Å². The van der Waals surface area contributed by atoms with Gasteiger partial charge in [0, 0.05) is 5.54 Å². The molecular formula is C13H16N2O. The molecule has 1 aliphatic rings.